The minimum Gasteiger partial charge on any atom is -0.490 e. The van der Waals surface area contributed by atoms with Gasteiger partial charge in [0.25, 0.3) is 0 Å². The smallest absolute Gasteiger partial charge is 0.124 e. The first-order valence-electron chi connectivity index (χ1n) is 6.19. The Balaban J connectivity index is 2.69. The summed E-state index contributed by atoms with van der Waals surface area (Å²) in [6, 6.07) is 8.03. The molecular formula is C14H23NO2. The fourth-order valence-electron chi connectivity index (χ4n) is 1.67. The third kappa shape index (κ3) is 4.36. The summed E-state index contributed by atoms with van der Waals surface area (Å²) >= 11 is 0. The Morgan fingerprint density at radius 2 is 2.00 bits per heavy atom. The second-order valence-electron chi connectivity index (χ2n) is 4.26. The lowest BCUT2D eigenvalue weighted by Gasteiger charge is -2.19. The van der Waals surface area contributed by atoms with E-state index in [0.29, 0.717) is 6.61 Å². The molecule has 0 aromatic heterocycles. The van der Waals surface area contributed by atoms with Crippen molar-refractivity contribution in [2.75, 3.05) is 13.7 Å². The first-order valence-corrected chi connectivity index (χ1v) is 6.19. The number of methoxy groups -OCH3 is 1. The van der Waals surface area contributed by atoms with Crippen molar-refractivity contribution in [1.29, 1.82) is 0 Å². The van der Waals surface area contributed by atoms with Gasteiger partial charge in [-0.25, -0.2) is 0 Å². The van der Waals surface area contributed by atoms with Gasteiger partial charge in [0.2, 0.25) is 0 Å². The molecule has 0 aliphatic heterocycles. The zero-order valence-electron chi connectivity index (χ0n) is 11.0. The van der Waals surface area contributed by atoms with Gasteiger partial charge in [-0.2, -0.15) is 0 Å². The molecule has 2 unspecified atom stereocenters. The molecule has 0 fully saturated rings. The molecule has 2 N–H and O–H groups in total. The van der Waals surface area contributed by atoms with Gasteiger partial charge in [-0.05, 0) is 19.4 Å². The van der Waals surface area contributed by atoms with Crippen LogP contribution in [0.1, 0.15) is 38.3 Å². The Kier molecular flexibility index (Phi) is 6.01. The van der Waals surface area contributed by atoms with Crippen molar-refractivity contribution in [1.82, 2.24) is 0 Å². The maximum Gasteiger partial charge on any atom is 0.124 e. The van der Waals surface area contributed by atoms with E-state index in [1.54, 1.807) is 7.11 Å². The molecule has 3 nitrogen and oxygen atoms in total. The number of rotatable bonds is 7. The Bertz CT molecular complexity index is 328. The van der Waals surface area contributed by atoms with Gasteiger partial charge < -0.3 is 15.2 Å². The predicted octanol–water partition coefficient (Wildman–Crippen LogP) is 2.90. The van der Waals surface area contributed by atoms with Gasteiger partial charge in [-0.15, -0.1) is 0 Å². The quantitative estimate of drug-likeness (QED) is 0.793. The van der Waals surface area contributed by atoms with Crippen molar-refractivity contribution in [3.63, 3.8) is 0 Å². The van der Waals surface area contributed by atoms with E-state index in [4.69, 9.17) is 15.2 Å². The summed E-state index contributed by atoms with van der Waals surface area (Å²) in [6.07, 6.45) is 1.93. The molecule has 0 radical (unpaired) electrons. The average Bonchev–Trinajstić information content (AvgIpc) is 2.36. The Morgan fingerprint density at radius 1 is 1.29 bits per heavy atom. The average molecular weight is 237 g/mol. The third-order valence-electron chi connectivity index (χ3n) is 2.81. The van der Waals surface area contributed by atoms with Crippen LogP contribution in [0.25, 0.3) is 0 Å². The minimum absolute atomic E-state index is 0.0424. The van der Waals surface area contributed by atoms with Gasteiger partial charge in [0.05, 0.1) is 6.10 Å². The van der Waals surface area contributed by atoms with E-state index in [9.17, 15) is 0 Å². The van der Waals surface area contributed by atoms with Crippen LogP contribution in [0, 0.1) is 0 Å². The molecule has 0 heterocycles. The Labute approximate surface area is 104 Å². The normalized spacial score (nSPS) is 14.4. The van der Waals surface area contributed by atoms with Gasteiger partial charge >= 0.3 is 0 Å². The van der Waals surface area contributed by atoms with E-state index >= 15 is 0 Å². The molecule has 0 saturated heterocycles. The summed E-state index contributed by atoms with van der Waals surface area (Å²) in [4.78, 5) is 0. The summed E-state index contributed by atoms with van der Waals surface area (Å²) in [6.45, 7) is 4.84. The first kappa shape index (κ1) is 14.0. The Morgan fingerprint density at radius 3 is 2.65 bits per heavy atom. The van der Waals surface area contributed by atoms with Crippen LogP contribution in [0.4, 0.5) is 0 Å². The summed E-state index contributed by atoms with van der Waals surface area (Å²) < 4.78 is 11.0. The van der Waals surface area contributed by atoms with Crippen molar-refractivity contribution in [2.45, 2.75) is 38.8 Å². The maximum atomic E-state index is 6.07. The van der Waals surface area contributed by atoms with Crippen LogP contribution in [0.3, 0.4) is 0 Å². The molecular weight excluding hydrogens is 214 g/mol. The molecule has 0 saturated carbocycles. The molecule has 0 aliphatic rings. The number of hydrogen-bond donors (Lipinski definition) is 1. The lowest BCUT2D eigenvalue weighted by molar-refractivity contribution is 0.134. The van der Waals surface area contributed by atoms with Crippen LogP contribution in [0.15, 0.2) is 24.3 Å². The largest absolute Gasteiger partial charge is 0.490 e. The van der Waals surface area contributed by atoms with Gasteiger partial charge in [-0.1, -0.05) is 25.1 Å². The second-order valence-corrected chi connectivity index (χ2v) is 4.26. The lowest BCUT2D eigenvalue weighted by atomic mass is 10.0. The van der Waals surface area contributed by atoms with Crippen LogP contribution in [0.2, 0.25) is 0 Å². The predicted molar refractivity (Wildman–Crippen MR) is 70.2 cm³/mol. The van der Waals surface area contributed by atoms with Crippen molar-refractivity contribution in [3.05, 3.63) is 29.8 Å². The third-order valence-corrected chi connectivity index (χ3v) is 2.81. The number of nitrogens with two attached hydrogens (primary N) is 1. The van der Waals surface area contributed by atoms with Crippen LogP contribution in [-0.4, -0.2) is 19.8 Å². The van der Waals surface area contributed by atoms with E-state index in [1.165, 1.54) is 0 Å². The highest BCUT2D eigenvalue weighted by Crippen LogP contribution is 2.26. The topological polar surface area (TPSA) is 44.5 Å². The van der Waals surface area contributed by atoms with Crippen LogP contribution in [0.5, 0.6) is 5.75 Å². The van der Waals surface area contributed by atoms with E-state index in [1.807, 2.05) is 31.2 Å². The highest BCUT2D eigenvalue weighted by molar-refractivity contribution is 5.35. The molecule has 1 aromatic carbocycles. The molecule has 0 spiro atoms. The molecule has 1 aromatic rings. The zero-order valence-corrected chi connectivity index (χ0v) is 11.0. The van der Waals surface area contributed by atoms with Crippen molar-refractivity contribution in [3.8, 4) is 5.75 Å². The fourth-order valence-corrected chi connectivity index (χ4v) is 1.67. The van der Waals surface area contributed by atoms with Crippen molar-refractivity contribution >= 4 is 0 Å². The standard InChI is InChI=1S/C14H23NO2/c1-4-13(15)12-7-5-6-8-14(12)17-11(2)9-10-16-3/h5-8,11,13H,4,9-10,15H2,1-3H3. The summed E-state index contributed by atoms with van der Waals surface area (Å²) in [5.74, 6) is 0.894. The van der Waals surface area contributed by atoms with Gasteiger partial charge in [0, 0.05) is 31.7 Å². The monoisotopic (exact) mass is 237 g/mol. The summed E-state index contributed by atoms with van der Waals surface area (Å²) in [5.41, 5.74) is 7.15. The number of hydrogen-bond acceptors (Lipinski definition) is 3. The van der Waals surface area contributed by atoms with Gasteiger partial charge in [0.1, 0.15) is 5.75 Å². The molecule has 0 aliphatic carbocycles. The summed E-state index contributed by atoms with van der Waals surface area (Å²) in [5, 5.41) is 0. The van der Waals surface area contributed by atoms with E-state index in [0.717, 1.165) is 24.2 Å². The minimum atomic E-state index is 0.0424. The van der Waals surface area contributed by atoms with E-state index in [2.05, 4.69) is 6.92 Å². The highest BCUT2D eigenvalue weighted by atomic mass is 16.5. The maximum absolute atomic E-state index is 6.07. The van der Waals surface area contributed by atoms with Gasteiger partial charge in [-0.3, -0.25) is 0 Å². The van der Waals surface area contributed by atoms with Crippen molar-refractivity contribution < 1.29 is 9.47 Å². The van der Waals surface area contributed by atoms with Gasteiger partial charge in [0.15, 0.2) is 0 Å². The molecule has 96 valence electrons. The number of para-hydroxylation sites is 1. The van der Waals surface area contributed by atoms with Crippen LogP contribution >= 0.6 is 0 Å². The molecule has 2 atom stereocenters. The molecule has 17 heavy (non-hydrogen) atoms. The van der Waals surface area contributed by atoms with Crippen LogP contribution in [-0.2, 0) is 4.74 Å². The van der Waals surface area contributed by atoms with E-state index in [-0.39, 0.29) is 12.1 Å². The second kappa shape index (κ2) is 7.30. The molecule has 3 heteroatoms. The lowest BCUT2D eigenvalue weighted by Crippen LogP contribution is -2.17. The molecule has 0 bridgehead atoms. The van der Waals surface area contributed by atoms with Crippen molar-refractivity contribution in [2.24, 2.45) is 5.73 Å². The highest BCUT2D eigenvalue weighted by Gasteiger charge is 2.12. The fraction of sp³-hybridized carbons (Fsp3) is 0.571. The van der Waals surface area contributed by atoms with Crippen LogP contribution < -0.4 is 10.5 Å². The first-order chi connectivity index (χ1) is 8.19. The summed E-state index contributed by atoms with van der Waals surface area (Å²) in [7, 11) is 1.70. The number of ether oxygens (including phenoxy) is 2. The van der Waals surface area contributed by atoms with E-state index < -0.39 is 0 Å². The SMILES string of the molecule is CCC(N)c1ccccc1OC(C)CCOC. The number of benzene rings is 1. The molecule has 0 amide bonds. The zero-order chi connectivity index (χ0) is 12.7. The molecule has 1 rings (SSSR count). The Hall–Kier alpha value is -1.06.